The first-order chi connectivity index (χ1) is 8.65. The zero-order valence-electron chi connectivity index (χ0n) is 10.6. The normalized spacial score (nSPS) is 13.1. The minimum Gasteiger partial charge on any atom is -0.456 e. The highest BCUT2D eigenvalue weighted by Gasteiger charge is 2.16. The van der Waals surface area contributed by atoms with E-state index in [0.29, 0.717) is 5.58 Å². The third kappa shape index (κ3) is 2.75. The fourth-order valence-electron chi connectivity index (χ4n) is 2.15. The predicted octanol–water partition coefficient (Wildman–Crippen LogP) is 4.79. The summed E-state index contributed by atoms with van der Waals surface area (Å²) >= 11 is 3.29. The van der Waals surface area contributed by atoms with Crippen LogP contribution in [0.3, 0.4) is 0 Å². The van der Waals surface area contributed by atoms with Crippen LogP contribution in [-0.2, 0) is 0 Å². The van der Waals surface area contributed by atoms with Gasteiger partial charge >= 0.3 is 0 Å². The topological polar surface area (TPSA) is 25.2 Å². The molecule has 18 heavy (non-hydrogen) atoms. The van der Waals surface area contributed by atoms with Crippen molar-refractivity contribution in [2.24, 2.45) is 0 Å². The Labute approximate surface area is 115 Å². The zero-order chi connectivity index (χ0) is 13.1. The van der Waals surface area contributed by atoms with Gasteiger partial charge in [0.15, 0.2) is 11.4 Å². The standard InChI is InChI=1S/C14H17BrFNO/c1-3-5-12(17-4-2)13-7-9-6-10(15)8-11(16)14(9)18-13/h6-8,12,17H,3-5H2,1-2H3. The second-order valence-corrected chi connectivity index (χ2v) is 5.27. The van der Waals surface area contributed by atoms with Crippen LogP contribution in [0.5, 0.6) is 0 Å². The molecule has 1 N–H and O–H groups in total. The number of nitrogens with one attached hydrogen (secondary N) is 1. The van der Waals surface area contributed by atoms with Gasteiger partial charge in [0.05, 0.1) is 6.04 Å². The molecular formula is C14H17BrFNO. The number of furan rings is 1. The maximum Gasteiger partial charge on any atom is 0.170 e. The molecule has 1 aromatic carbocycles. The second kappa shape index (κ2) is 5.85. The van der Waals surface area contributed by atoms with Crippen molar-refractivity contribution >= 4 is 26.9 Å². The maximum absolute atomic E-state index is 13.8. The molecule has 1 unspecified atom stereocenters. The maximum atomic E-state index is 13.8. The van der Waals surface area contributed by atoms with Gasteiger partial charge in [0.1, 0.15) is 5.76 Å². The molecule has 0 saturated carbocycles. The van der Waals surface area contributed by atoms with Gasteiger partial charge in [-0.1, -0.05) is 36.2 Å². The van der Waals surface area contributed by atoms with E-state index in [9.17, 15) is 4.39 Å². The van der Waals surface area contributed by atoms with Gasteiger partial charge in [0, 0.05) is 9.86 Å². The van der Waals surface area contributed by atoms with Crippen molar-refractivity contribution < 1.29 is 8.81 Å². The number of hydrogen-bond acceptors (Lipinski definition) is 2. The Bertz CT molecular complexity index is 532. The summed E-state index contributed by atoms with van der Waals surface area (Å²) in [5.41, 5.74) is 0.340. The van der Waals surface area contributed by atoms with Gasteiger partial charge in [-0.05, 0) is 31.2 Å². The highest BCUT2D eigenvalue weighted by Crippen LogP contribution is 2.30. The van der Waals surface area contributed by atoms with Crippen molar-refractivity contribution in [3.63, 3.8) is 0 Å². The molecule has 0 bridgehead atoms. The minimum atomic E-state index is -0.322. The predicted molar refractivity (Wildman–Crippen MR) is 75.2 cm³/mol. The summed E-state index contributed by atoms with van der Waals surface area (Å²) in [7, 11) is 0. The number of rotatable bonds is 5. The molecule has 0 spiro atoms. The molecule has 0 saturated heterocycles. The molecule has 4 heteroatoms. The molecular weight excluding hydrogens is 297 g/mol. The lowest BCUT2D eigenvalue weighted by atomic mass is 10.1. The van der Waals surface area contributed by atoms with E-state index in [0.717, 1.165) is 35.0 Å². The van der Waals surface area contributed by atoms with Gasteiger partial charge in [-0.3, -0.25) is 0 Å². The average molecular weight is 314 g/mol. The molecule has 0 aliphatic carbocycles. The lowest BCUT2D eigenvalue weighted by Crippen LogP contribution is -2.20. The summed E-state index contributed by atoms with van der Waals surface area (Å²) in [6, 6.07) is 5.38. The van der Waals surface area contributed by atoms with Crippen molar-refractivity contribution in [3.05, 3.63) is 34.2 Å². The van der Waals surface area contributed by atoms with Gasteiger partial charge in [0.2, 0.25) is 0 Å². The van der Waals surface area contributed by atoms with E-state index in [1.807, 2.05) is 12.1 Å². The monoisotopic (exact) mass is 313 g/mol. The van der Waals surface area contributed by atoms with Crippen molar-refractivity contribution in [2.45, 2.75) is 32.7 Å². The average Bonchev–Trinajstić information content (AvgIpc) is 2.72. The van der Waals surface area contributed by atoms with Crippen LogP contribution in [-0.4, -0.2) is 6.54 Å². The molecule has 0 radical (unpaired) electrons. The lowest BCUT2D eigenvalue weighted by Gasteiger charge is -2.13. The first-order valence-electron chi connectivity index (χ1n) is 6.27. The van der Waals surface area contributed by atoms with Crippen molar-refractivity contribution in [3.8, 4) is 0 Å². The van der Waals surface area contributed by atoms with Gasteiger partial charge in [0.25, 0.3) is 0 Å². The van der Waals surface area contributed by atoms with E-state index in [1.165, 1.54) is 6.07 Å². The summed E-state index contributed by atoms with van der Waals surface area (Å²) in [6.45, 7) is 5.06. The summed E-state index contributed by atoms with van der Waals surface area (Å²) < 4.78 is 20.1. The highest BCUT2D eigenvalue weighted by atomic mass is 79.9. The Balaban J connectivity index is 2.41. The van der Waals surface area contributed by atoms with Crippen LogP contribution >= 0.6 is 15.9 Å². The Morgan fingerprint density at radius 3 is 2.78 bits per heavy atom. The smallest absolute Gasteiger partial charge is 0.170 e. The van der Waals surface area contributed by atoms with E-state index in [4.69, 9.17) is 4.42 Å². The molecule has 1 heterocycles. The van der Waals surface area contributed by atoms with Gasteiger partial charge < -0.3 is 9.73 Å². The molecule has 0 aliphatic heterocycles. The van der Waals surface area contributed by atoms with Crippen LogP contribution in [0.2, 0.25) is 0 Å². The van der Waals surface area contributed by atoms with Gasteiger partial charge in [-0.25, -0.2) is 4.39 Å². The summed E-state index contributed by atoms with van der Waals surface area (Å²) in [4.78, 5) is 0. The lowest BCUT2D eigenvalue weighted by molar-refractivity contribution is 0.409. The SMILES string of the molecule is CCCC(NCC)c1cc2cc(Br)cc(F)c2o1. The first-order valence-corrected chi connectivity index (χ1v) is 7.06. The number of hydrogen-bond donors (Lipinski definition) is 1. The van der Waals surface area contributed by atoms with E-state index >= 15 is 0 Å². The Morgan fingerprint density at radius 2 is 2.11 bits per heavy atom. The molecule has 0 amide bonds. The Morgan fingerprint density at radius 1 is 1.33 bits per heavy atom. The van der Waals surface area contributed by atoms with Crippen LogP contribution in [0.25, 0.3) is 11.0 Å². The Hall–Kier alpha value is -0.870. The second-order valence-electron chi connectivity index (χ2n) is 4.35. The number of benzene rings is 1. The molecule has 2 nitrogen and oxygen atoms in total. The fourth-order valence-corrected chi connectivity index (χ4v) is 2.60. The van der Waals surface area contributed by atoms with Crippen LogP contribution < -0.4 is 5.32 Å². The van der Waals surface area contributed by atoms with Gasteiger partial charge in [-0.15, -0.1) is 0 Å². The number of fused-ring (bicyclic) bond motifs is 1. The highest BCUT2D eigenvalue weighted by molar-refractivity contribution is 9.10. The van der Waals surface area contributed by atoms with Gasteiger partial charge in [-0.2, -0.15) is 0 Å². The molecule has 2 rings (SSSR count). The quantitative estimate of drug-likeness (QED) is 0.859. The van der Waals surface area contributed by atoms with E-state index < -0.39 is 0 Å². The summed E-state index contributed by atoms with van der Waals surface area (Å²) in [5, 5.41) is 4.17. The minimum absolute atomic E-state index is 0.158. The van der Waals surface area contributed by atoms with E-state index in [1.54, 1.807) is 0 Å². The van der Waals surface area contributed by atoms with Crippen LogP contribution in [0.4, 0.5) is 4.39 Å². The van der Waals surface area contributed by atoms with Crippen molar-refractivity contribution in [1.29, 1.82) is 0 Å². The van der Waals surface area contributed by atoms with E-state index in [2.05, 4.69) is 35.1 Å². The third-order valence-electron chi connectivity index (χ3n) is 2.93. The fraction of sp³-hybridized carbons (Fsp3) is 0.429. The summed E-state index contributed by atoms with van der Waals surface area (Å²) in [5.74, 6) is 0.489. The molecule has 2 aromatic rings. The van der Waals surface area contributed by atoms with Crippen molar-refractivity contribution in [2.75, 3.05) is 6.54 Å². The molecule has 0 aliphatic rings. The van der Waals surface area contributed by atoms with Crippen LogP contribution in [0.15, 0.2) is 27.1 Å². The molecule has 0 fully saturated rings. The first kappa shape index (κ1) is 13.6. The van der Waals surface area contributed by atoms with Crippen molar-refractivity contribution in [1.82, 2.24) is 5.32 Å². The number of halogens is 2. The zero-order valence-corrected chi connectivity index (χ0v) is 12.2. The molecule has 1 aromatic heterocycles. The summed E-state index contributed by atoms with van der Waals surface area (Å²) in [6.07, 6.45) is 2.04. The van der Waals surface area contributed by atoms with E-state index in [-0.39, 0.29) is 11.9 Å². The molecule has 98 valence electrons. The Kier molecular flexibility index (Phi) is 4.40. The van der Waals surface area contributed by atoms with Crippen LogP contribution in [0, 0.1) is 5.82 Å². The largest absolute Gasteiger partial charge is 0.456 e. The third-order valence-corrected chi connectivity index (χ3v) is 3.38. The van der Waals surface area contributed by atoms with Crippen LogP contribution in [0.1, 0.15) is 38.5 Å². The molecule has 1 atom stereocenters.